The molecule has 3 rings (SSSR count). The molecule has 7 nitrogen and oxygen atoms in total. The number of carbonyl (C=O) groups excluding carboxylic acids is 2. The van der Waals surface area contributed by atoms with Crippen molar-refractivity contribution in [3.8, 4) is 0 Å². The van der Waals surface area contributed by atoms with Gasteiger partial charge in [0.25, 0.3) is 11.5 Å². The predicted octanol–water partition coefficient (Wildman–Crippen LogP) is 2.71. The lowest BCUT2D eigenvalue weighted by molar-refractivity contribution is -0.147. The summed E-state index contributed by atoms with van der Waals surface area (Å²) in [6, 6.07) is 9.62. The van der Waals surface area contributed by atoms with Gasteiger partial charge in [-0.05, 0) is 30.7 Å². The molecule has 0 saturated carbocycles. The van der Waals surface area contributed by atoms with Gasteiger partial charge in [-0.1, -0.05) is 12.1 Å². The number of aromatic nitrogens is 2. The first-order valence-corrected chi connectivity index (χ1v) is 8.81. The van der Waals surface area contributed by atoms with Crippen LogP contribution in [0.3, 0.4) is 0 Å². The molecule has 0 saturated heterocycles. The van der Waals surface area contributed by atoms with Crippen LogP contribution < -0.4 is 10.9 Å². The van der Waals surface area contributed by atoms with Crippen molar-refractivity contribution < 1.29 is 23.1 Å². The molecule has 1 amide bonds. The molecule has 0 spiro atoms. The average Bonchev–Trinajstić information content (AvgIpc) is 2.69. The number of anilines is 1. The number of nitrogens with one attached hydrogen (secondary N) is 2. The molecule has 1 aromatic heterocycles. The Morgan fingerprint density at radius 2 is 1.93 bits per heavy atom. The molecular weight excluding hydrogens is 384 g/mol. The van der Waals surface area contributed by atoms with Gasteiger partial charge in [-0.25, -0.2) is 13.8 Å². The minimum absolute atomic E-state index is 0.00866. The van der Waals surface area contributed by atoms with E-state index in [1.807, 2.05) is 0 Å². The zero-order valence-corrected chi connectivity index (χ0v) is 15.2. The number of benzene rings is 2. The SMILES string of the molecule is O=C(COC(=O)CCCc1nc2ccccc2c(=O)[nH]1)Nc1ccc(F)cc1F. The van der Waals surface area contributed by atoms with Crippen molar-refractivity contribution in [3.05, 3.63) is 70.3 Å². The molecule has 2 aromatic carbocycles. The third-order valence-corrected chi connectivity index (χ3v) is 4.03. The Hall–Kier alpha value is -3.62. The van der Waals surface area contributed by atoms with Crippen molar-refractivity contribution in [2.45, 2.75) is 19.3 Å². The molecule has 0 aliphatic heterocycles. The van der Waals surface area contributed by atoms with Gasteiger partial charge in [-0.15, -0.1) is 0 Å². The molecule has 0 aliphatic rings. The number of ether oxygens (including phenoxy) is 1. The topological polar surface area (TPSA) is 101 Å². The number of rotatable bonds is 7. The minimum atomic E-state index is -0.929. The number of aryl methyl sites for hydroxylation is 1. The summed E-state index contributed by atoms with van der Waals surface area (Å²) >= 11 is 0. The number of halogens is 2. The maximum absolute atomic E-state index is 13.5. The molecule has 0 unspecified atom stereocenters. The number of esters is 1. The van der Waals surface area contributed by atoms with E-state index in [0.717, 1.165) is 12.1 Å². The molecule has 0 atom stereocenters. The monoisotopic (exact) mass is 401 g/mol. The van der Waals surface area contributed by atoms with Crippen LogP contribution in [0.1, 0.15) is 18.7 Å². The molecule has 0 fully saturated rings. The second-order valence-corrected chi connectivity index (χ2v) is 6.22. The van der Waals surface area contributed by atoms with Crippen molar-refractivity contribution in [2.24, 2.45) is 0 Å². The number of hydrogen-bond donors (Lipinski definition) is 2. The van der Waals surface area contributed by atoms with Crippen molar-refractivity contribution in [1.29, 1.82) is 0 Å². The van der Waals surface area contributed by atoms with Crippen LogP contribution in [0.15, 0.2) is 47.3 Å². The van der Waals surface area contributed by atoms with Crippen molar-refractivity contribution in [1.82, 2.24) is 9.97 Å². The first-order chi connectivity index (χ1) is 13.9. The number of carbonyl (C=O) groups is 2. The van der Waals surface area contributed by atoms with Gasteiger partial charge < -0.3 is 15.0 Å². The lowest BCUT2D eigenvalue weighted by atomic mass is 10.2. The first-order valence-electron chi connectivity index (χ1n) is 8.81. The van der Waals surface area contributed by atoms with Gasteiger partial charge in [0, 0.05) is 18.9 Å². The summed E-state index contributed by atoms with van der Waals surface area (Å²) in [6.45, 7) is -0.597. The third kappa shape index (κ3) is 5.44. The van der Waals surface area contributed by atoms with Gasteiger partial charge in [0.2, 0.25) is 0 Å². The van der Waals surface area contributed by atoms with Crippen LogP contribution in [0.4, 0.5) is 14.5 Å². The summed E-state index contributed by atoms with van der Waals surface area (Å²) in [6.07, 6.45) is 0.714. The molecule has 2 N–H and O–H groups in total. The summed E-state index contributed by atoms with van der Waals surface area (Å²) < 4.78 is 31.1. The lowest BCUT2D eigenvalue weighted by Gasteiger charge is -2.07. The summed E-state index contributed by atoms with van der Waals surface area (Å²) in [5.74, 6) is -2.62. The Kier molecular flexibility index (Phi) is 6.28. The van der Waals surface area contributed by atoms with Crippen LogP contribution in [0, 0.1) is 11.6 Å². The second-order valence-electron chi connectivity index (χ2n) is 6.22. The first kappa shape index (κ1) is 20.1. The quantitative estimate of drug-likeness (QED) is 0.593. The number of aromatic amines is 1. The Morgan fingerprint density at radius 1 is 1.14 bits per heavy atom. The van der Waals surface area contributed by atoms with Crippen LogP contribution >= 0.6 is 0 Å². The van der Waals surface area contributed by atoms with Gasteiger partial charge in [-0.3, -0.25) is 14.4 Å². The Balaban J connectivity index is 1.44. The fourth-order valence-corrected chi connectivity index (χ4v) is 2.65. The molecule has 1 heterocycles. The van der Waals surface area contributed by atoms with Crippen molar-refractivity contribution in [3.63, 3.8) is 0 Å². The summed E-state index contributed by atoms with van der Waals surface area (Å²) in [4.78, 5) is 42.5. The Labute approximate surface area is 163 Å². The maximum Gasteiger partial charge on any atom is 0.306 e. The van der Waals surface area contributed by atoms with Crippen molar-refractivity contribution >= 4 is 28.5 Å². The molecular formula is C20H17F2N3O4. The summed E-state index contributed by atoms with van der Waals surface area (Å²) in [5.41, 5.74) is 0.107. The lowest BCUT2D eigenvalue weighted by Crippen LogP contribution is -2.21. The van der Waals surface area contributed by atoms with Crippen LogP contribution in [-0.4, -0.2) is 28.5 Å². The highest BCUT2D eigenvalue weighted by molar-refractivity contribution is 5.92. The molecule has 0 radical (unpaired) electrons. The van der Waals surface area contributed by atoms with E-state index in [2.05, 4.69) is 15.3 Å². The van der Waals surface area contributed by atoms with E-state index in [-0.39, 0.29) is 17.7 Å². The highest BCUT2D eigenvalue weighted by atomic mass is 19.1. The number of nitrogens with zero attached hydrogens (tertiary/aromatic N) is 1. The van der Waals surface area contributed by atoms with Crippen LogP contribution in [0.2, 0.25) is 0 Å². The zero-order valence-electron chi connectivity index (χ0n) is 15.2. The van der Waals surface area contributed by atoms with Gasteiger partial charge in [0.05, 0.1) is 16.6 Å². The summed E-state index contributed by atoms with van der Waals surface area (Å²) in [5, 5.41) is 2.68. The zero-order chi connectivity index (χ0) is 20.8. The highest BCUT2D eigenvalue weighted by Crippen LogP contribution is 2.14. The predicted molar refractivity (Wildman–Crippen MR) is 101 cm³/mol. The van der Waals surface area contributed by atoms with Crippen LogP contribution in [0.5, 0.6) is 0 Å². The van der Waals surface area contributed by atoms with Gasteiger partial charge in [0.15, 0.2) is 6.61 Å². The normalized spacial score (nSPS) is 10.7. The smallest absolute Gasteiger partial charge is 0.306 e. The molecule has 0 aliphatic carbocycles. The Bertz CT molecular complexity index is 1110. The van der Waals surface area contributed by atoms with E-state index >= 15 is 0 Å². The van der Waals surface area contributed by atoms with E-state index in [0.29, 0.717) is 35.6 Å². The number of para-hydroxylation sites is 1. The van der Waals surface area contributed by atoms with Crippen molar-refractivity contribution in [2.75, 3.05) is 11.9 Å². The van der Waals surface area contributed by atoms with E-state index in [1.165, 1.54) is 0 Å². The molecule has 29 heavy (non-hydrogen) atoms. The average molecular weight is 401 g/mol. The second kappa shape index (κ2) is 9.05. The largest absolute Gasteiger partial charge is 0.456 e. The van der Waals surface area contributed by atoms with Crippen LogP contribution in [0.25, 0.3) is 10.9 Å². The molecule has 9 heteroatoms. The number of H-pyrrole nitrogens is 1. The van der Waals surface area contributed by atoms with E-state index < -0.39 is 30.1 Å². The third-order valence-electron chi connectivity index (χ3n) is 4.03. The fraction of sp³-hybridized carbons (Fsp3) is 0.200. The fourth-order valence-electron chi connectivity index (χ4n) is 2.65. The number of hydrogen-bond acceptors (Lipinski definition) is 5. The number of fused-ring (bicyclic) bond motifs is 1. The van der Waals surface area contributed by atoms with E-state index in [4.69, 9.17) is 4.74 Å². The Morgan fingerprint density at radius 3 is 2.72 bits per heavy atom. The molecule has 3 aromatic rings. The standard InChI is InChI=1S/C20H17F2N3O4/c21-12-8-9-16(14(22)10-12)24-18(26)11-29-19(27)7-3-6-17-23-15-5-2-1-4-13(15)20(28)25-17/h1-2,4-5,8-10H,3,6-7,11H2,(H,24,26)(H,23,25,28). The summed E-state index contributed by atoms with van der Waals surface area (Å²) in [7, 11) is 0. The van der Waals surface area contributed by atoms with E-state index in [9.17, 15) is 23.2 Å². The maximum atomic E-state index is 13.5. The van der Waals surface area contributed by atoms with Gasteiger partial charge in [-0.2, -0.15) is 0 Å². The van der Waals surface area contributed by atoms with E-state index in [1.54, 1.807) is 24.3 Å². The van der Waals surface area contributed by atoms with Crippen LogP contribution in [-0.2, 0) is 20.7 Å². The highest BCUT2D eigenvalue weighted by Gasteiger charge is 2.11. The molecule has 0 bridgehead atoms. The molecule has 150 valence electrons. The number of amides is 1. The van der Waals surface area contributed by atoms with Gasteiger partial charge in [0.1, 0.15) is 17.5 Å². The minimum Gasteiger partial charge on any atom is -0.456 e. The van der Waals surface area contributed by atoms with Gasteiger partial charge >= 0.3 is 5.97 Å².